The fourth-order valence-corrected chi connectivity index (χ4v) is 3.71. The molecule has 1 heterocycles. The average molecular weight is 502 g/mol. The number of nitrogens with zero attached hydrogens (tertiary/aromatic N) is 1. The topological polar surface area (TPSA) is 74.6 Å². The van der Waals surface area contributed by atoms with Gasteiger partial charge in [0.2, 0.25) is 5.91 Å². The van der Waals surface area contributed by atoms with Crippen LogP contribution >= 0.6 is 24.8 Å². The number of rotatable bonds is 8. The Morgan fingerprint density at radius 1 is 0.941 bits per heavy atom. The SMILES string of the molecule is CN(C)CCNCC(=O)NCc1cccc2c(=O)cc(-c3cccc4ccccc34)oc12.Cl.Cl. The van der Waals surface area contributed by atoms with Crippen LogP contribution < -0.4 is 16.1 Å². The van der Waals surface area contributed by atoms with E-state index in [1.807, 2.05) is 68.7 Å². The summed E-state index contributed by atoms with van der Waals surface area (Å²) in [6.07, 6.45) is 0. The number of benzene rings is 3. The summed E-state index contributed by atoms with van der Waals surface area (Å²) < 4.78 is 6.25. The van der Waals surface area contributed by atoms with E-state index in [1.165, 1.54) is 0 Å². The Morgan fingerprint density at radius 3 is 2.44 bits per heavy atom. The van der Waals surface area contributed by atoms with E-state index in [2.05, 4.69) is 15.5 Å². The number of nitrogens with one attached hydrogen (secondary N) is 2. The Balaban J connectivity index is 0.00000204. The van der Waals surface area contributed by atoms with Crippen molar-refractivity contribution in [3.63, 3.8) is 0 Å². The van der Waals surface area contributed by atoms with Crippen molar-refractivity contribution in [2.75, 3.05) is 33.7 Å². The molecule has 0 saturated heterocycles. The van der Waals surface area contributed by atoms with Gasteiger partial charge in [0, 0.05) is 36.8 Å². The summed E-state index contributed by atoms with van der Waals surface area (Å²) in [5.41, 5.74) is 2.03. The molecule has 34 heavy (non-hydrogen) atoms. The summed E-state index contributed by atoms with van der Waals surface area (Å²) in [6.45, 7) is 2.12. The maximum atomic E-state index is 12.9. The Labute approximate surface area is 211 Å². The number of para-hydroxylation sites is 1. The second-order valence-electron chi connectivity index (χ2n) is 8.05. The number of hydrogen-bond acceptors (Lipinski definition) is 5. The smallest absolute Gasteiger partial charge is 0.234 e. The summed E-state index contributed by atoms with van der Waals surface area (Å²) in [5, 5.41) is 8.63. The molecule has 0 aliphatic heterocycles. The van der Waals surface area contributed by atoms with Crippen LogP contribution in [0.25, 0.3) is 33.1 Å². The zero-order valence-corrected chi connectivity index (χ0v) is 20.8. The van der Waals surface area contributed by atoms with Gasteiger partial charge in [-0.15, -0.1) is 24.8 Å². The highest BCUT2D eigenvalue weighted by atomic mass is 35.5. The summed E-state index contributed by atoms with van der Waals surface area (Å²) in [5.74, 6) is 0.414. The highest BCUT2D eigenvalue weighted by Crippen LogP contribution is 2.30. The number of likely N-dealkylation sites (N-methyl/N-ethyl adjacent to an activating group) is 1. The van der Waals surface area contributed by atoms with Gasteiger partial charge in [0.05, 0.1) is 11.9 Å². The summed E-state index contributed by atoms with van der Waals surface area (Å²) in [6, 6.07) is 20.9. The fraction of sp³-hybridized carbons (Fsp3) is 0.231. The maximum absolute atomic E-state index is 12.9. The molecule has 0 bridgehead atoms. The first-order valence-corrected chi connectivity index (χ1v) is 10.7. The van der Waals surface area contributed by atoms with Gasteiger partial charge in [-0.05, 0) is 30.9 Å². The normalized spacial score (nSPS) is 10.7. The van der Waals surface area contributed by atoms with Gasteiger partial charge in [-0.2, -0.15) is 0 Å². The molecule has 0 atom stereocenters. The van der Waals surface area contributed by atoms with E-state index in [9.17, 15) is 9.59 Å². The number of carbonyl (C=O) groups is 1. The molecule has 2 N–H and O–H groups in total. The molecule has 0 saturated carbocycles. The van der Waals surface area contributed by atoms with Crippen LogP contribution in [0, 0.1) is 0 Å². The van der Waals surface area contributed by atoms with Crippen LogP contribution in [0.3, 0.4) is 0 Å². The maximum Gasteiger partial charge on any atom is 0.234 e. The molecular formula is C26H29Cl2N3O3. The van der Waals surface area contributed by atoms with E-state index < -0.39 is 0 Å². The standard InChI is InChI=1S/C26H27N3O3.2ClH/c1-29(2)14-13-27-17-25(31)28-16-19-9-6-12-22-23(30)15-24(32-26(19)22)21-11-5-8-18-7-3-4-10-20(18)21;;/h3-12,15,27H,13-14,16-17H2,1-2H3,(H,28,31);2*1H. The molecule has 0 unspecified atom stereocenters. The minimum Gasteiger partial charge on any atom is -0.455 e. The second-order valence-corrected chi connectivity index (χ2v) is 8.05. The van der Waals surface area contributed by atoms with Gasteiger partial charge in [0.25, 0.3) is 0 Å². The molecule has 0 aliphatic carbocycles. The van der Waals surface area contributed by atoms with E-state index in [1.54, 1.807) is 12.1 Å². The van der Waals surface area contributed by atoms with Gasteiger partial charge in [-0.25, -0.2) is 0 Å². The third-order valence-corrected chi connectivity index (χ3v) is 5.39. The molecule has 180 valence electrons. The number of halogens is 2. The Kier molecular flexibility index (Phi) is 10.1. The highest BCUT2D eigenvalue weighted by Gasteiger charge is 2.13. The molecular weight excluding hydrogens is 473 g/mol. The van der Waals surface area contributed by atoms with Gasteiger partial charge in [0.15, 0.2) is 5.43 Å². The van der Waals surface area contributed by atoms with Gasteiger partial charge < -0.3 is 20.0 Å². The van der Waals surface area contributed by atoms with E-state index in [-0.39, 0.29) is 49.2 Å². The minimum atomic E-state index is -0.104. The first-order valence-electron chi connectivity index (χ1n) is 10.7. The predicted octanol–water partition coefficient (Wildman–Crippen LogP) is 4.22. The first-order chi connectivity index (χ1) is 15.5. The van der Waals surface area contributed by atoms with Crippen LogP contribution in [0.1, 0.15) is 5.56 Å². The van der Waals surface area contributed by atoms with Crippen molar-refractivity contribution in [3.05, 3.63) is 82.5 Å². The van der Waals surface area contributed by atoms with Crippen LogP contribution in [-0.4, -0.2) is 44.5 Å². The van der Waals surface area contributed by atoms with Crippen molar-refractivity contribution in [3.8, 4) is 11.3 Å². The average Bonchev–Trinajstić information content (AvgIpc) is 2.80. The molecule has 6 nitrogen and oxygen atoms in total. The van der Waals surface area contributed by atoms with Gasteiger partial charge in [-0.3, -0.25) is 9.59 Å². The van der Waals surface area contributed by atoms with Crippen LogP contribution in [0.5, 0.6) is 0 Å². The Morgan fingerprint density at radius 2 is 1.65 bits per heavy atom. The van der Waals surface area contributed by atoms with Crippen molar-refractivity contribution in [2.45, 2.75) is 6.54 Å². The van der Waals surface area contributed by atoms with E-state index >= 15 is 0 Å². The lowest BCUT2D eigenvalue weighted by atomic mass is 10.0. The number of hydrogen-bond donors (Lipinski definition) is 2. The number of amides is 1. The lowest BCUT2D eigenvalue weighted by Gasteiger charge is -2.12. The molecule has 1 aromatic heterocycles. The molecule has 1 amide bonds. The van der Waals surface area contributed by atoms with Crippen LogP contribution in [0.15, 0.2) is 75.9 Å². The Bertz CT molecular complexity index is 1320. The summed E-state index contributed by atoms with van der Waals surface area (Å²) in [4.78, 5) is 27.1. The first kappa shape index (κ1) is 27.3. The molecule has 0 spiro atoms. The molecule has 0 fully saturated rings. The third-order valence-electron chi connectivity index (χ3n) is 5.39. The largest absolute Gasteiger partial charge is 0.455 e. The molecule has 4 rings (SSSR count). The molecule has 8 heteroatoms. The summed E-state index contributed by atoms with van der Waals surface area (Å²) in [7, 11) is 3.98. The van der Waals surface area contributed by atoms with Crippen molar-refractivity contribution in [1.82, 2.24) is 15.5 Å². The van der Waals surface area contributed by atoms with E-state index in [0.29, 0.717) is 16.7 Å². The quantitative estimate of drug-likeness (QED) is 0.353. The van der Waals surface area contributed by atoms with Crippen LogP contribution in [-0.2, 0) is 11.3 Å². The molecule has 3 aromatic carbocycles. The van der Waals surface area contributed by atoms with Gasteiger partial charge in [-0.1, -0.05) is 54.6 Å². The summed E-state index contributed by atoms with van der Waals surface area (Å²) >= 11 is 0. The zero-order chi connectivity index (χ0) is 22.5. The molecule has 0 aliphatic rings. The fourth-order valence-electron chi connectivity index (χ4n) is 3.71. The van der Waals surface area contributed by atoms with E-state index in [0.717, 1.165) is 35.0 Å². The van der Waals surface area contributed by atoms with Crippen LogP contribution in [0.2, 0.25) is 0 Å². The second kappa shape index (κ2) is 12.5. The van der Waals surface area contributed by atoms with Gasteiger partial charge >= 0.3 is 0 Å². The monoisotopic (exact) mass is 501 g/mol. The lowest BCUT2D eigenvalue weighted by molar-refractivity contribution is -0.120. The molecule has 0 radical (unpaired) electrons. The van der Waals surface area contributed by atoms with Gasteiger partial charge in [0.1, 0.15) is 11.3 Å². The highest BCUT2D eigenvalue weighted by molar-refractivity contribution is 5.96. The third kappa shape index (κ3) is 6.36. The van der Waals surface area contributed by atoms with Crippen molar-refractivity contribution in [2.24, 2.45) is 0 Å². The lowest BCUT2D eigenvalue weighted by Crippen LogP contribution is -2.36. The minimum absolute atomic E-state index is 0. The van der Waals surface area contributed by atoms with Crippen molar-refractivity contribution >= 4 is 52.5 Å². The van der Waals surface area contributed by atoms with Crippen molar-refractivity contribution < 1.29 is 9.21 Å². The van der Waals surface area contributed by atoms with Crippen molar-refractivity contribution in [1.29, 1.82) is 0 Å². The Hall–Kier alpha value is -2.90. The number of carbonyl (C=O) groups excluding carboxylic acids is 1. The van der Waals surface area contributed by atoms with E-state index in [4.69, 9.17) is 4.42 Å². The predicted molar refractivity (Wildman–Crippen MR) is 143 cm³/mol. The number of fused-ring (bicyclic) bond motifs is 2. The zero-order valence-electron chi connectivity index (χ0n) is 19.2. The molecule has 4 aromatic rings. The van der Waals surface area contributed by atoms with Crippen LogP contribution in [0.4, 0.5) is 0 Å².